The molecule has 0 fully saturated rings. The number of anilines is 1. The number of fused-ring (bicyclic) bond motifs is 1. The lowest BCUT2D eigenvalue weighted by Crippen LogP contribution is -2.01. The Morgan fingerprint density at radius 1 is 1.00 bits per heavy atom. The Balaban J connectivity index is 2.08. The first kappa shape index (κ1) is 10.9. The van der Waals surface area contributed by atoms with Gasteiger partial charge in [0.1, 0.15) is 0 Å². The van der Waals surface area contributed by atoms with Gasteiger partial charge in [0.25, 0.3) is 0 Å². The van der Waals surface area contributed by atoms with Gasteiger partial charge in [-0.1, -0.05) is 36.4 Å². The van der Waals surface area contributed by atoms with Gasteiger partial charge in [-0.05, 0) is 30.2 Å². The van der Waals surface area contributed by atoms with Gasteiger partial charge in [-0.2, -0.15) is 0 Å². The minimum atomic E-state index is 0.820. The van der Waals surface area contributed by atoms with Crippen molar-refractivity contribution in [2.24, 2.45) is 0 Å². The van der Waals surface area contributed by atoms with Crippen LogP contribution in [0.1, 0.15) is 11.1 Å². The monoisotopic (exact) mass is 236 g/mol. The highest BCUT2D eigenvalue weighted by atomic mass is 15.0. The van der Waals surface area contributed by atoms with Crippen molar-refractivity contribution >= 4 is 16.6 Å². The fourth-order valence-corrected chi connectivity index (χ4v) is 2.42. The van der Waals surface area contributed by atoms with E-state index in [1.54, 1.807) is 0 Å². The van der Waals surface area contributed by atoms with Gasteiger partial charge < -0.3 is 10.3 Å². The van der Waals surface area contributed by atoms with Gasteiger partial charge in [0.05, 0.1) is 0 Å². The summed E-state index contributed by atoms with van der Waals surface area (Å²) in [7, 11) is 0. The largest absolute Gasteiger partial charge is 0.398 e. The zero-order valence-corrected chi connectivity index (χ0v) is 10.4. The summed E-state index contributed by atoms with van der Waals surface area (Å²) in [5.74, 6) is 0. The molecule has 0 aliphatic heterocycles. The van der Waals surface area contributed by atoms with E-state index in [2.05, 4.69) is 48.0 Å². The highest BCUT2D eigenvalue weighted by Crippen LogP contribution is 2.22. The van der Waals surface area contributed by atoms with Crippen molar-refractivity contribution < 1.29 is 0 Å². The van der Waals surface area contributed by atoms with E-state index in [4.69, 9.17) is 5.73 Å². The number of benzene rings is 2. The van der Waals surface area contributed by atoms with Crippen molar-refractivity contribution in [3.05, 3.63) is 65.9 Å². The highest BCUT2D eigenvalue weighted by molar-refractivity contribution is 5.83. The van der Waals surface area contributed by atoms with Gasteiger partial charge >= 0.3 is 0 Å². The summed E-state index contributed by atoms with van der Waals surface area (Å²) in [6, 6.07) is 16.5. The molecule has 3 aromatic rings. The lowest BCUT2D eigenvalue weighted by molar-refractivity contribution is 0.836. The van der Waals surface area contributed by atoms with Gasteiger partial charge in [0.15, 0.2) is 0 Å². The number of nitrogen functional groups attached to an aromatic ring is 1. The van der Waals surface area contributed by atoms with Crippen molar-refractivity contribution in [2.45, 2.75) is 13.5 Å². The molecule has 18 heavy (non-hydrogen) atoms. The van der Waals surface area contributed by atoms with Crippen molar-refractivity contribution in [3.8, 4) is 0 Å². The second-order valence-corrected chi connectivity index (χ2v) is 4.66. The number of para-hydroxylation sites is 2. The van der Waals surface area contributed by atoms with Crippen LogP contribution in [0.3, 0.4) is 0 Å². The molecule has 0 spiro atoms. The molecule has 0 radical (unpaired) electrons. The van der Waals surface area contributed by atoms with Gasteiger partial charge in [0, 0.05) is 29.3 Å². The molecule has 0 bridgehead atoms. The number of rotatable bonds is 2. The van der Waals surface area contributed by atoms with Crippen LogP contribution in [-0.4, -0.2) is 4.57 Å². The van der Waals surface area contributed by atoms with Gasteiger partial charge in [-0.3, -0.25) is 0 Å². The number of aryl methyl sites for hydroxylation is 1. The van der Waals surface area contributed by atoms with E-state index in [1.807, 2.05) is 18.2 Å². The predicted molar refractivity (Wildman–Crippen MR) is 76.6 cm³/mol. The maximum atomic E-state index is 6.01. The zero-order chi connectivity index (χ0) is 12.5. The van der Waals surface area contributed by atoms with E-state index in [-0.39, 0.29) is 0 Å². The van der Waals surface area contributed by atoms with E-state index >= 15 is 0 Å². The summed E-state index contributed by atoms with van der Waals surface area (Å²) in [6.07, 6.45) is 2.19. The summed E-state index contributed by atoms with van der Waals surface area (Å²) in [5, 5.41) is 1.31. The van der Waals surface area contributed by atoms with Crippen molar-refractivity contribution in [1.82, 2.24) is 4.57 Å². The molecule has 2 nitrogen and oxygen atoms in total. The molecule has 1 aromatic heterocycles. The van der Waals surface area contributed by atoms with Crippen LogP contribution in [-0.2, 0) is 6.54 Å². The van der Waals surface area contributed by atoms with Crippen LogP contribution in [0.25, 0.3) is 10.9 Å². The molecule has 1 heterocycles. The summed E-state index contributed by atoms with van der Waals surface area (Å²) >= 11 is 0. The molecule has 3 rings (SSSR count). The van der Waals surface area contributed by atoms with Crippen LogP contribution in [0.15, 0.2) is 54.7 Å². The standard InChI is InChI=1S/C16H16N2/c1-12-10-18(16-9-5-3-7-14(12)16)11-13-6-2-4-8-15(13)17/h2-10H,11,17H2,1H3. The molecule has 0 amide bonds. The molecule has 90 valence electrons. The van der Waals surface area contributed by atoms with Gasteiger partial charge in [0.2, 0.25) is 0 Å². The van der Waals surface area contributed by atoms with E-state index in [0.717, 1.165) is 12.2 Å². The molecule has 0 atom stereocenters. The maximum Gasteiger partial charge on any atom is 0.0496 e. The van der Waals surface area contributed by atoms with Crippen LogP contribution < -0.4 is 5.73 Å². The fraction of sp³-hybridized carbons (Fsp3) is 0.125. The number of aromatic nitrogens is 1. The zero-order valence-electron chi connectivity index (χ0n) is 10.4. The molecular formula is C16H16N2. The minimum absolute atomic E-state index is 0.820. The SMILES string of the molecule is Cc1cn(Cc2ccccc2N)c2ccccc12. The smallest absolute Gasteiger partial charge is 0.0496 e. The quantitative estimate of drug-likeness (QED) is 0.677. The van der Waals surface area contributed by atoms with Crippen LogP contribution in [0.4, 0.5) is 5.69 Å². The molecule has 2 aromatic carbocycles. The lowest BCUT2D eigenvalue weighted by Gasteiger charge is -2.08. The fourth-order valence-electron chi connectivity index (χ4n) is 2.42. The first-order valence-electron chi connectivity index (χ1n) is 6.13. The Bertz CT molecular complexity index is 695. The molecule has 0 aliphatic rings. The molecule has 0 saturated carbocycles. The van der Waals surface area contributed by atoms with Gasteiger partial charge in [-0.15, -0.1) is 0 Å². The Morgan fingerprint density at radius 2 is 1.72 bits per heavy atom. The van der Waals surface area contributed by atoms with E-state index in [0.29, 0.717) is 0 Å². The van der Waals surface area contributed by atoms with Crippen LogP contribution >= 0.6 is 0 Å². The van der Waals surface area contributed by atoms with Gasteiger partial charge in [-0.25, -0.2) is 0 Å². The average Bonchev–Trinajstić information content (AvgIpc) is 2.70. The third-order valence-electron chi connectivity index (χ3n) is 3.38. The summed E-state index contributed by atoms with van der Waals surface area (Å²) in [4.78, 5) is 0. The molecule has 2 heteroatoms. The molecule has 0 unspecified atom stereocenters. The number of nitrogens with two attached hydrogens (primary N) is 1. The predicted octanol–water partition coefficient (Wildman–Crippen LogP) is 3.58. The lowest BCUT2D eigenvalue weighted by atomic mass is 10.2. The molecule has 2 N–H and O–H groups in total. The van der Waals surface area contributed by atoms with Crippen molar-refractivity contribution in [2.75, 3.05) is 5.73 Å². The Kier molecular flexibility index (Phi) is 2.56. The third kappa shape index (κ3) is 1.76. The molecular weight excluding hydrogens is 220 g/mol. The van der Waals surface area contributed by atoms with E-state index in [1.165, 1.54) is 22.0 Å². The van der Waals surface area contributed by atoms with E-state index in [9.17, 15) is 0 Å². The van der Waals surface area contributed by atoms with Crippen molar-refractivity contribution in [3.63, 3.8) is 0 Å². The number of hydrogen-bond acceptors (Lipinski definition) is 1. The highest BCUT2D eigenvalue weighted by Gasteiger charge is 2.06. The summed E-state index contributed by atoms with van der Waals surface area (Å²) in [5.41, 5.74) is 10.6. The molecule has 0 saturated heterocycles. The maximum absolute atomic E-state index is 6.01. The van der Waals surface area contributed by atoms with Crippen LogP contribution in [0.5, 0.6) is 0 Å². The number of hydrogen-bond donors (Lipinski definition) is 1. The Hall–Kier alpha value is -2.22. The van der Waals surface area contributed by atoms with E-state index < -0.39 is 0 Å². The Labute approximate surface area is 107 Å². The third-order valence-corrected chi connectivity index (χ3v) is 3.38. The number of nitrogens with zero attached hydrogens (tertiary/aromatic N) is 1. The summed E-state index contributed by atoms with van der Waals surface area (Å²) in [6.45, 7) is 2.97. The van der Waals surface area contributed by atoms with Crippen molar-refractivity contribution in [1.29, 1.82) is 0 Å². The second-order valence-electron chi connectivity index (χ2n) is 4.66. The first-order valence-corrected chi connectivity index (χ1v) is 6.13. The van der Waals surface area contributed by atoms with Crippen LogP contribution in [0.2, 0.25) is 0 Å². The first-order chi connectivity index (χ1) is 8.75. The molecule has 0 aliphatic carbocycles. The topological polar surface area (TPSA) is 30.9 Å². The second kappa shape index (κ2) is 4.22. The average molecular weight is 236 g/mol. The Morgan fingerprint density at radius 3 is 2.56 bits per heavy atom. The summed E-state index contributed by atoms with van der Waals surface area (Å²) < 4.78 is 2.26. The van der Waals surface area contributed by atoms with Crippen LogP contribution in [0, 0.1) is 6.92 Å². The minimum Gasteiger partial charge on any atom is -0.398 e. The normalized spacial score (nSPS) is 10.9.